The van der Waals surface area contributed by atoms with Gasteiger partial charge < -0.3 is 4.74 Å². The number of hydrogen-bond donors (Lipinski definition) is 0. The lowest BCUT2D eigenvalue weighted by Crippen LogP contribution is -2.50. The summed E-state index contributed by atoms with van der Waals surface area (Å²) in [6, 6.07) is 7.09. The zero-order chi connectivity index (χ0) is 27.4. The second kappa shape index (κ2) is 11.2. The van der Waals surface area contributed by atoms with Gasteiger partial charge in [0, 0.05) is 19.0 Å². The molecule has 3 aliphatic rings. The summed E-state index contributed by atoms with van der Waals surface area (Å²) in [7, 11) is 1.52. The summed E-state index contributed by atoms with van der Waals surface area (Å²) in [4.78, 5) is 32.3. The quantitative estimate of drug-likeness (QED) is 0.455. The third-order valence-corrected chi connectivity index (χ3v) is 6.23. The Morgan fingerprint density at radius 2 is 1.89 bits per heavy atom. The van der Waals surface area contributed by atoms with Crippen LogP contribution < -0.4 is 0 Å². The first-order valence-corrected chi connectivity index (χ1v) is 12.1. The predicted molar refractivity (Wildman–Crippen MR) is 134 cm³/mol. The van der Waals surface area contributed by atoms with Gasteiger partial charge in [-0.2, -0.15) is 18.2 Å². The highest BCUT2D eigenvalue weighted by molar-refractivity contribution is 6.04. The van der Waals surface area contributed by atoms with Gasteiger partial charge in [0.25, 0.3) is 11.8 Å². The Bertz CT molecular complexity index is 1300. The summed E-state index contributed by atoms with van der Waals surface area (Å²) in [5.41, 5.74) is 2.05. The monoisotopic (exact) mass is 529 g/mol. The summed E-state index contributed by atoms with van der Waals surface area (Å²) in [5, 5.41) is 0. The molecule has 1 unspecified atom stereocenters. The van der Waals surface area contributed by atoms with Gasteiger partial charge in [0.05, 0.1) is 0 Å². The number of carbonyl (C=O) groups excluding carboxylic acids is 2. The molecule has 200 valence electrons. The van der Waals surface area contributed by atoms with Crippen molar-refractivity contribution in [2.45, 2.75) is 44.9 Å². The number of fused-ring (bicyclic) bond motifs is 1. The van der Waals surface area contributed by atoms with Crippen LogP contribution in [0.15, 0.2) is 88.6 Å². The Labute approximate surface area is 218 Å². The lowest BCUT2D eigenvalue weighted by molar-refractivity contribution is -0.163. The highest BCUT2D eigenvalue weighted by atomic mass is 19.4. The molecule has 38 heavy (non-hydrogen) atoms. The number of rotatable bonds is 5. The highest BCUT2D eigenvalue weighted by Crippen LogP contribution is 2.29. The molecule has 1 aromatic carbocycles. The van der Waals surface area contributed by atoms with Gasteiger partial charge in [-0.15, -0.1) is 0 Å². The molecule has 0 radical (unpaired) electrons. The number of amides is 2. The van der Waals surface area contributed by atoms with Crippen molar-refractivity contribution in [2.24, 2.45) is 4.99 Å². The third-order valence-electron chi connectivity index (χ3n) is 6.23. The molecule has 1 saturated heterocycles. The van der Waals surface area contributed by atoms with Crippen LogP contribution in [0.4, 0.5) is 17.6 Å². The maximum atomic E-state index is 13.6. The number of hydrogen-bond acceptors (Lipinski definition) is 4. The molecule has 2 heterocycles. The Balaban J connectivity index is 1.58. The van der Waals surface area contributed by atoms with Gasteiger partial charge in [-0.25, -0.2) is 4.39 Å². The number of ether oxygens (including phenoxy) is 1. The number of carbonyl (C=O) groups is 2. The largest absolute Gasteiger partial charge is 0.463 e. The van der Waals surface area contributed by atoms with Gasteiger partial charge in [-0.1, -0.05) is 42.5 Å². The Kier molecular flexibility index (Phi) is 7.99. The zero-order valence-electron chi connectivity index (χ0n) is 21.0. The minimum atomic E-state index is -4.61. The van der Waals surface area contributed by atoms with Gasteiger partial charge in [0.15, 0.2) is 6.10 Å². The van der Waals surface area contributed by atoms with E-state index < -0.39 is 24.7 Å². The first-order valence-electron chi connectivity index (χ1n) is 12.1. The molecule has 0 bridgehead atoms. The molecule has 1 aromatic rings. The highest BCUT2D eigenvalue weighted by Gasteiger charge is 2.42. The van der Waals surface area contributed by atoms with Gasteiger partial charge in [0.2, 0.25) is 5.90 Å². The van der Waals surface area contributed by atoms with E-state index in [1.165, 1.54) is 31.0 Å². The van der Waals surface area contributed by atoms with Gasteiger partial charge in [-0.3, -0.25) is 19.4 Å². The summed E-state index contributed by atoms with van der Waals surface area (Å²) in [5.74, 6) is -1.33. The molecule has 1 atom stereocenters. The number of alkyl halides is 3. The van der Waals surface area contributed by atoms with Crippen LogP contribution in [-0.4, -0.2) is 53.4 Å². The molecule has 1 aliphatic carbocycles. The van der Waals surface area contributed by atoms with Crippen LogP contribution in [-0.2, 0) is 16.0 Å². The van der Waals surface area contributed by atoms with E-state index in [1.807, 2.05) is 24.3 Å². The first-order chi connectivity index (χ1) is 18.0. The third kappa shape index (κ3) is 6.30. The fourth-order valence-electron chi connectivity index (χ4n) is 4.32. The predicted octanol–water partition coefficient (Wildman–Crippen LogP) is 5.77. The normalized spacial score (nSPS) is 23.5. The van der Waals surface area contributed by atoms with Gasteiger partial charge in [0.1, 0.15) is 23.9 Å². The van der Waals surface area contributed by atoms with Crippen molar-refractivity contribution >= 4 is 17.7 Å². The Morgan fingerprint density at radius 3 is 2.66 bits per heavy atom. The van der Waals surface area contributed by atoms with E-state index in [9.17, 15) is 27.2 Å². The van der Waals surface area contributed by atoms with Crippen LogP contribution in [0.25, 0.3) is 0 Å². The van der Waals surface area contributed by atoms with Crippen LogP contribution in [0.3, 0.4) is 0 Å². The van der Waals surface area contributed by atoms with Crippen molar-refractivity contribution in [3.63, 3.8) is 0 Å². The zero-order valence-corrected chi connectivity index (χ0v) is 21.0. The number of halogens is 4. The standard InChI is InChI=1S/C28H27F4N3O3/c1-18-26(36)35(17-28(30,31)32)23-14-7-15-24(33-25(23)38-18)34(2)27(37)22-13-4-3-10-20(22)16-19-8-5-11-21(29)12-6-9-19/h3-5,8-10,12-15,18H,6-7,11,16-17H2,1-2H3/b8-5-,19-9+,21-12+. The molecule has 0 spiro atoms. The summed E-state index contributed by atoms with van der Waals surface area (Å²) in [6.45, 7) is -0.109. The van der Waals surface area contributed by atoms with E-state index >= 15 is 0 Å². The fourth-order valence-corrected chi connectivity index (χ4v) is 4.32. The second-order valence-electron chi connectivity index (χ2n) is 9.07. The molecule has 4 rings (SSSR count). The van der Waals surface area contributed by atoms with Crippen molar-refractivity contribution < 1.29 is 31.9 Å². The lowest BCUT2D eigenvalue weighted by atomic mass is 9.97. The van der Waals surface area contributed by atoms with Gasteiger partial charge >= 0.3 is 6.18 Å². The van der Waals surface area contributed by atoms with E-state index in [1.54, 1.807) is 24.3 Å². The molecule has 1 fully saturated rings. The maximum absolute atomic E-state index is 13.6. The molecule has 0 saturated carbocycles. The van der Waals surface area contributed by atoms with Crippen LogP contribution in [0.2, 0.25) is 0 Å². The lowest BCUT2D eigenvalue weighted by Gasteiger charge is -2.34. The Morgan fingerprint density at radius 1 is 1.16 bits per heavy atom. The fraction of sp³-hybridized carbons (Fsp3) is 0.321. The minimum absolute atomic E-state index is 0.0774. The molecule has 2 aliphatic heterocycles. The molecular weight excluding hydrogens is 502 g/mol. The van der Waals surface area contributed by atoms with Crippen molar-refractivity contribution in [3.8, 4) is 0 Å². The van der Waals surface area contributed by atoms with E-state index in [2.05, 4.69) is 4.99 Å². The smallest absolute Gasteiger partial charge is 0.406 e. The molecular formula is C28H27F4N3O3. The van der Waals surface area contributed by atoms with Crippen molar-refractivity contribution in [3.05, 3.63) is 94.8 Å². The first kappa shape index (κ1) is 27.1. The van der Waals surface area contributed by atoms with Gasteiger partial charge in [-0.05, 0) is 55.5 Å². The second-order valence-corrected chi connectivity index (χ2v) is 9.07. The van der Waals surface area contributed by atoms with Crippen LogP contribution in [0.1, 0.15) is 42.1 Å². The van der Waals surface area contributed by atoms with E-state index in [0.29, 0.717) is 23.3 Å². The minimum Gasteiger partial charge on any atom is -0.463 e. The number of allylic oxidation sites excluding steroid dienone is 8. The Hall–Kier alpha value is -3.95. The number of nitrogens with zero attached hydrogens (tertiary/aromatic N) is 3. The average Bonchev–Trinajstić information content (AvgIpc) is 3.06. The number of benzene rings is 1. The SMILES string of the molecule is CC1OC2=NC(N(C)C(=O)c3ccccc3CC3=C/C/C=C(/F)C/C=C\3)=CCC=C2N(CC(F)(F)F)C1=O. The van der Waals surface area contributed by atoms with E-state index in [4.69, 9.17) is 4.74 Å². The topological polar surface area (TPSA) is 62.2 Å². The van der Waals surface area contributed by atoms with Crippen molar-refractivity contribution in [1.29, 1.82) is 0 Å². The molecule has 0 aromatic heterocycles. The molecule has 6 nitrogen and oxygen atoms in total. The van der Waals surface area contributed by atoms with Crippen molar-refractivity contribution in [2.75, 3.05) is 13.6 Å². The molecule has 2 amide bonds. The van der Waals surface area contributed by atoms with E-state index in [0.717, 1.165) is 11.1 Å². The average molecular weight is 530 g/mol. The molecule has 0 N–H and O–H groups in total. The molecule has 10 heteroatoms. The number of morpholine rings is 1. The van der Waals surface area contributed by atoms with E-state index in [-0.39, 0.29) is 42.0 Å². The number of aliphatic imine (C=N–C) groups is 1. The van der Waals surface area contributed by atoms with Crippen LogP contribution in [0.5, 0.6) is 0 Å². The van der Waals surface area contributed by atoms with Crippen LogP contribution >= 0.6 is 0 Å². The van der Waals surface area contributed by atoms with Crippen molar-refractivity contribution in [1.82, 2.24) is 9.80 Å². The summed E-state index contributed by atoms with van der Waals surface area (Å²) >= 11 is 0. The summed E-state index contributed by atoms with van der Waals surface area (Å²) in [6.07, 6.45) is 5.52. The maximum Gasteiger partial charge on any atom is 0.406 e. The summed E-state index contributed by atoms with van der Waals surface area (Å²) < 4.78 is 58.6. The van der Waals surface area contributed by atoms with Crippen LogP contribution in [0, 0.1) is 0 Å².